The van der Waals surface area contributed by atoms with Gasteiger partial charge in [-0.15, -0.1) is 0 Å². The molecule has 3 nitrogen and oxygen atoms in total. The molecule has 0 amide bonds. The Hall–Kier alpha value is -0.590. The van der Waals surface area contributed by atoms with Crippen molar-refractivity contribution in [2.75, 3.05) is 26.2 Å². The zero-order valence-electron chi connectivity index (χ0n) is 9.29. The first kappa shape index (κ1) is 11.5. The SMILES string of the molecule is CCCN(CC(C)C#N)C1CCNC1. The summed E-state index contributed by atoms with van der Waals surface area (Å²) in [6.45, 7) is 8.48. The van der Waals surface area contributed by atoms with Crippen molar-refractivity contribution in [1.29, 1.82) is 5.26 Å². The minimum atomic E-state index is 0.155. The van der Waals surface area contributed by atoms with Gasteiger partial charge in [0.2, 0.25) is 0 Å². The maximum atomic E-state index is 8.80. The molecule has 80 valence electrons. The highest BCUT2D eigenvalue weighted by Crippen LogP contribution is 2.11. The lowest BCUT2D eigenvalue weighted by Crippen LogP contribution is -2.39. The zero-order chi connectivity index (χ0) is 10.4. The van der Waals surface area contributed by atoms with Crippen molar-refractivity contribution in [3.05, 3.63) is 0 Å². The largest absolute Gasteiger partial charge is 0.315 e. The Morgan fingerprint density at radius 2 is 2.43 bits per heavy atom. The average molecular weight is 195 g/mol. The van der Waals surface area contributed by atoms with Crippen molar-refractivity contribution in [1.82, 2.24) is 10.2 Å². The molecule has 0 aromatic heterocycles. The number of rotatable bonds is 5. The fraction of sp³-hybridized carbons (Fsp3) is 0.909. The Labute approximate surface area is 87.1 Å². The maximum Gasteiger partial charge on any atom is 0.0666 e. The lowest BCUT2D eigenvalue weighted by Gasteiger charge is -2.28. The van der Waals surface area contributed by atoms with Crippen LogP contribution in [0.15, 0.2) is 0 Å². The Bertz CT molecular complexity index is 191. The molecule has 1 aliphatic heterocycles. The number of hydrogen-bond donors (Lipinski definition) is 1. The molecule has 0 saturated carbocycles. The van der Waals surface area contributed by atoms with Gasteiger partial charge in [0.25, 0.3) is 0 Å². The van der Waals surface area contributed by atoms with Crippen LogP contribution >= 0.6 is 0 Å². The van der Waals surface area contributed by atoms with Gasteiger partial charge in [-0.25, -0.2) is 0 Å². The molecule has 1 aliphatic rings. The third-order valence-electron chi connectivity index (χ3n) is 2.79. The van der Waals surface area contributed by atoms with Crippen LogP contribution in [-0.2, 0) is 0 Å². The summed E-state index contributed by atoms with van der Waals surface area (Å²) in [5.41, 5.74) is 0. The minimum absolute atomic E-state index is 0.155. The van der Waals surface area contributed by atoms with E-state index < -0.39 is 0 Å². The Morgan fingerprint density at radius 3 is 2.93 bits per heavy atom. The summed E-state index contributed by atoms with van der Waals surface area (Å²) in [5.74, 6) is 0.155. The molecule has 2 atom stereocenters. The molecule has 1 rings (SSSR count). The molecule has 2 unspecified atom stereocenters. The summed E-state index contributed by atoms with van der Waals surface area (Å²) >= 11 is 0. The molecule has 1 heterocycles. The van der Waals surface area contributed by atoms with E-state index in [1.807, 2.05) is 6.92 Å². The summed E-state index contributed by atoms with van der Waals surface area (Å²) in [5, 5.41) is 12.2. The first-order chi connectivity index (χ1) is 6.77. The van der Waals surface area contributed by atoms with Gasteiger partial charge in [0.05, 0.1) is 12.0 Å². The smallest absolute Gasteiger partial charge is 0.0666 e. The van der Waals surface area contributed by atoms with E-state index in [1.165, 1.54) is 12.8 Å². The summed E-state index contributed by atoms with van der Waals surface area (Å²) < 4.78 is 0. The molecule has 3 heteroatoms. The second-order valence-electron chi connectivity index (χ2n) is 4.17. The molecule has 0 spiro atoms. The molecular weight excluding hydrogens is 174 g/mol. The van der Waals surface area contributed by atoms with Crippen LogP contribution in [0.4, 0.5) is 0 Å². The van der Waals surface area contributed by atoms with E-state index >= 15 is 0 Å². The number of hydrogen-bond acceptors (Lipinski definition) is 3. The van der Waals surface area contributed by atoms with Crippen LogP contribution in [0.3, 0.4) is 0 Å². The number of nitrogens with zero attached hydrogens (tertiary/aromatic N) is 2. The fourth-order valence-electron chi connectivity index (χ4n) is 2.05. The zero-order valence-corrected chi connectivity index (χ0v) is 9.29. The maximum absolute atomic E-state index is 8.80. The van der Waals surface area contributed by atoms with Gasteiger partial charge in [-0.1, -0.05) is 6.92 Å². The van der Waals surface area contributed by atoms with Crippen molar-refractivity contribution in [2.45, 2.75) is 32.7 Å². The molecule has 0 aromatic carbocycles. The molecule has 0 aliphatic carbocycles. The van der Waals surface area contributed by atoms with Gasteiger partial charge in [-0.05, 0) is 32.9 Å². The van der Waals surface area contributed by atoms with Gasteiger partial charge in [0, 0.05) is 19.1 Å². The van der Waals surface area contributed by atoms with Gasteiger partial charge in [-0.2, -0.15) is 5.26 Å². The van der Waals surface area contributed by atoms with Crippen molar-refractivity contribution in [2.24, 2.45) is 5.92 Å². The quantitative estimate of drug-likeness (QED) is 0.717. The first-order valence-electron chi connectivity index (χ1n) is 5.62. The van der Waals surface area contributed by atoms with Gasteiger partial charge < -0.3 is 5.32 Å². The fourth-order valence-corrected chi connectivity index (χ4v) is 2.05. The van der Waals surface area contributed by atoms with E-state index in [0.29, 0.717) is 6.04 Å². The molecule has 0 aromatic rings. The number of nitriles is 1. The third-order valence-corrected chi connectivity index (χ3v) is 2.79. The van der Waals surface area contributed by atoms with E-state index in [9.17, 15) is 0 Å². The monoisotopic (exact) mass is 195 g/mol. The number of nitrogens with one attached hydrogen (secondary N) is 1. The second kappa shape index (κ2) is 6.00. The van der Waals surface area contributed by atoms with Crippen molar-refractivity contribution >= 4 is 0 Å². The predicted molar refractivity (Wildman–Crippen MR) is 57.9 cm³/mol. The van der Waals surface area contributed by atoms with Crippen molar-refractivity contribution < 1.29 is 0 Å². The van der Waals surface area contributed by atoms with Gasteiger partial charge >= 0.3 is 0 Å². The Kier molecular flexibility index (Phi) is 4.92. The molecule has 0 radical (unpaired) electrons. The highest BCUT2D eigenvalue weighted by molar-refractivity contribution is 4.86. The van der Waals surface area contributed by atoms with Crippen molar-refractivity contribution in [3.8, 4) is 6.07 Å². The van der Waals surface area contributed by atoms with E-state index in [-0.39, 0.29) is 5.92 Å². The Balaban J connectivity index is 2.41. The van der Waals surface area contributed by atoms with Gasteiger partial charge in [0.15, 0.2) is 0 Å². The Morgan fingerprint density at radius 1 is 1.64 bits per heavy atom. The lowest BCUT2D eigenvalue weighted by atomic mass is 10.1. The van der Waals surface area contributed by atoms with Crippen molar-refractivity contribution in [3.63, 3.8) is 0 Å². The summed E-state index contributed by atoms with van der Waals surface area (Å²) in [6, 6.07) is 2.97. The van der Waals surface area contributed by atoms with Crippen LogP contribution in [0.25, 0.3) is 0 Å². The van der Waals surface area contributed by atoms with Crippen LogP contribution in [0.2, 0.25) is 0 Å². The van der Waals surface area contributed by atoms with E-state index in [0.717, 1.165) is 26.2 Å². The third kappa shape index (κ3) is 3.28. The van der Waals surface area contributed by atoms with Crippen LogP contribution in [0, 0.1) is 17.2 Å². The van der Waals surface area contributed by atoms with Crippen LogP contribution in [-0.4, -0.2) is 37.1 Å². The lowest BCUT2D eigenvalue weighted by molar-refractivity contribution is 0.194. The molecule has 0 bridgehead atoms. The summed E-state index contributed by atoms with van der Waals surface area (Å²) in [6.07, 6.45) is 2.41. The predicted octanol–water partition coefficient (Wildman–Crippen LogP) is 1.22. The van der Waals surface area contributed by atoms with E-state index in [1.54, 1.807) is 0 Å². The summed E-state index contributed by atoms with van der Waals surface area (Å²) in [4.78, 5) is 2.47. The summed E-state index contributed by atoms with van der Waals surface area (Å²) in [7, 11) is 0. The molecule has 1 saturated heterocycles. The average Bonchev–Trinajstić information content (AvgIpc) is 2.69. The topological polar surface area (TPSA) is 39.1 Å². The van der Waals surface area contributed by atoms with E-state index in [2.05, 4.69) is 23.2 Å². The van der Waals surface area contributed by atoms with Gasteiger partial charge in [0.1, 0.15) is 0 Å². The van der Waals surface area contributed by atoms with Crippen LogP contribution < -0.4 is 5.32 Å². The molecule has 1 fully saturated rings. The minimum Gasteiger partial charge on any atom is -0.315 e. The molecule has 1 N–H and O–H groups in total. The highest BCUT2D eigenvalue weighted by atomic mass is 15.2. The van der Waals surface area contributed by atoms with Crippen LogP contribution in [0.1, 0.15) is 26.7 Å². The normalized spacial score (nSPS) is 23.7. The van der Waals surface area contributed by atoms with E-state index in [4.69, 9.17) is 5.26 Å². The molecule has 14 heavy (non-hydrogen) atoms. The van der Waals surface area contributed by atoms with Crippen LogP contribution in [0.5, 0.6) is 0 Å². The first-order valence-corrected chi connectivity index (χ1v) is 5.62. The highest BCUT2D eigenvalue weighted by Gasteiger charge is 2.22. The second-order valence-corrected chi connectivity index (χ2v) is 4.17. The molecular formula is C11H21N3. The van der Waals surface area contributed by atoms with Gasteiger partial charge in [-0.3, -0.25) is 4.90 Å². The standard InChI is InChI=1S/C11H21N3/c1-3-6-14(9-10(2)7-12)11-4-5-13-8-11/h10-11,13H,3-6,8-9H2,1-2H3.